The molecular weight excluding hydrogens is 400 g/mol. The molecule has 0 aliphatic heterocycles. The van der Waals surface area contributed by atoms with Crippen LogP contribution in [0.5, 0.6) is 0 Å². The predicted molar refractivity (Wildman–Crippen MR) is 118 cm³/mol. The number of rotatable bonds is 6. The van der Waals surface area contributed by atoms with Gasteiger partial charge >= 0.3 is 5.69 Å². The number of benzene rings is 2. The zero-order valence-electron chi connectivity index (χ0n) is 17.0. The van der Waals surface area contributed by atoms with Crippen LogP contribution in [0.2, 0.25) is 5.02 Å². The standard InChI is InChI=1S/C23H25ClN4O2/c1-27-20(17-7-3-2-4-8-17)26-28(22(27)30)16-15-25-21(29)23(13-5-6-14-23)18-9-11-19(24)12-10-18/h2-4,7-12H,5-6,13-16H2,1H3,(H,25,29). The number of hydrogen-bond donors (Lipinski definition) is 1. The van der Waals surface area contributed by atoms with Gasteiger partial charge in [-0.1, -0.05) is 66.9 Å². The van der Waals surface area contributed by atoms with E-state index in [1.807, 2.05) is 54.6 Å². The fourth-order valence-electron chi connectivity index (χ4n) is 4.31. The quantitative estimate of drug-likeness (QED) is 0.658. The van der Waals surface area contributed by atoms with E-state index in [9.17, 15) is 9.59 Å². The van der Waals surface area contributed by atoms with Crippen LogP contribution in [-0.2, 0) is 23.8 Å². The Morgan fingerprint density at radius 3 is 2.43 bits per heavy atom. The maximum atomic E-state index is 13.2. The first kappa shape index (κ1) is 20.4. The molecule has 1 heterocycles. The van der Waals surface area contributed by atoms with Crippen LogP contribution in [0.25, 0.3) is 11.4 Å². The summed E-state index contributed by atoms with van der Waals surface area (Å²) in [4.78, 5) is 25.7. The number of carbonyl (C=O) groups is 1. The van der Waals surface area contributed by atoms with Crippen molar-refractivity contribution in [2.45, 2.75) is 37.6 Å². The lowest BCUT2D eigenvalue weighted by atomic mass is 9.78. The Morgan fingerprint density at radius 2 is 1.77 bits per heavy atom. The molecule has 1 fully saturated rings. The summed E-state index contributed by atoms with van der Waals surface area (Å²) in [6, 6.07) is 17.2. The smallest absolute Gasteiger partial charge is 0.345 e. The fraction of sp³-hybridized carbons (Fsp3) is 0.348. The summed E-state index contributed by atoms with van der Waals surface area (Å²) >= 11 is 6.03. The Morgan fingerprint density at radius 1 is 1.10 bits per heavy atom. The average Bonchev–Trinajstić information content (AvgIpc) is 3.37. The monoisotopic (exact) mass is 424 g/mol. The van der Waals surface area contributed by atoms with E-state index in [4.69, 9.17) is 11.6 Å². The third-order valence-electron chi connectivity index (χ3n) is 5.97. The molecule has 1 aliphatic carbocycles. The highest BCUT2D eigenvalue weighted by molar-refractivity contribution is 6.30. The van der Waals surface area contributed by atoms with Crippen LogP contribution in [0.1, 0.15) is 31.2 Å². The first-order chi connectivity index (χ1) is 14.5. The zero-order valence-corrected chi connectivity index (χ0v) is 17.7. The third kappa shape index (κ3) is 3.79. The molecule has 4 rings (SSSR count). The Bertz CT molecular complexity index is 1080. The van der Waals surface area contributed by atoms with Gasteiger partial charge in [0.05, 0.1) is 12.0 Å². The number of carbonyl (C=O) groups excluding carboxylic acids is 1. The van der Waals surface area contributed by atoms with Crippen molar-refractivity contribution in [3.05, 3.63) is 75.7 Å². The van der Waals surface area contributed by atoms with Crippen LogP contribution in [0.3, 0.4) is 0 Å². The molecule has 1 aliphatic rings. The highest BCUT2D eigenvalue weighted by Gasteiger charge is 2.42. The number of halogens is 1. The molecule has 3 aromatic rings. The minimum absolute atomic E-state index is 0.00888. The van der Waals surface area contributed by atoms with Gasteiger partial charge < -0.3 is 5.32 Å². The molecule has 30 heavy (non-hydrogen) atoms. The lowest BCUT2D eigenvalue weighted by molar-refractivity contribution is -0.126. The lowest BCUT2D eigenvalue weighted by Crippen LogP contribution is -2.44. The average molecular weight is 425 g/mol. The second kappa shape index (κ2) is 8.48. The van der Waals surface area contributed by atoms with E-state index in [0.717, 1.165) is 36.8 Å². The van der Waals surface area contributed by atoms with E-state index in [0.29, 0.717) is 23.9 Å². The lowest BCUT2D eigenvalue weighted by Gasteiger charge is -2.28. The fourth-order valence-corrected chi connectivity index (χ4v) is 4.44. The zero-order chi connectivity index (χ0) is 21.1. The maximum absolute atomic E-state index is 13.2. The van der Waals surface area contributed by atoms with Crippen LogP contribution in [-0.4, -0.2) is 26.8 Å². The largest absolute Gasteiger partial charge is 0.353 e. The van der Waals surface area contributed by atoms with Crippen LogP contribution in [0.4, 0.5) is 0 Å². The molecule has 0 spiro atoms. The summed E-state index contributed by atoms with van der Waals surface area (Å²) in [5.41, 5.74) is 1.17. The summed E-state index contributed by atoms with van der Waals surface area (Å²) in [6.45, 7) is 0.668. The summed E-state index contributed by atoms with van der Waals surface area (Å²) in [6.07, 6.45) is 3.69. The van der Waals surface area contributed by atoms with Crippen LogP contribution < -0.4 is 11.0 Å². The second-order valence-electron chi connectivity index (χ2n) is 7.81. The van der Waals surface area contributed by atoms with Gasteiger partial charge in [0.2, 0.25) is 5.91 Å². The molecule has 1 amide bonds. The molecule has 1 aromatic heterocycles. The Kier molecular flexibility index (Phi) is 5.77. The van der Waals surface area contributed by atoms with Crippen molar-refractivity contribution in [3.8, 4) is 11.4 Å². The molecule has 0 bridgehead atoms. The number of hydrogen-bond acceptors (Lipinski definition) is 3. The summed E-state index contributed by atoms with van der Waals surface area (Å²) in [5, 5.41) is 8.17. The number of nitrogens with zero attached hydrogens (tertiary/aromatic N) is 3. The van der Waals surface area contributed by atoms with E-state index < -0.39 is 5.41 Å². The van der Waals surface area contributed by atoms with Crippen molar-refractivity contribution in [3.63, 3.8) is 0 Å². The molecule has 156 valence electrons. The molecule has 0 saturated heterocycles. The highest BCUT2D eigenvalue weighted by Crippen LogP contribution is 2.41. The Labute approximate surface area is 180 Å². The van der Waals surface area contributed by atoms with Crippen molar-refractivity contribution < 1.29 is 4.79 Å². The van der Waals surface area contributed by atoms with E-state index in [1.54, 1.807) is 7.05 Å². The molecule has 1 N–H and O–H groups in total. The van der Waals surface area contributed by atoms with E-state index in [1.165, 1.54) is 9.25 Å². The molecule has 0 radical (unpaired) electrons. The molecule has 0 unspecified atom stereocenters. The van der Waals surface area contributed by atoms with Crippen LogP contribution in [0.15, 0.2) is 59.4 Å². The van der Waals surface area contributed by atoms with Gasteiger partial charge in [-0.05, 0) is 30.5 Å². The van der Waals surface area contributed by atoms with Gasteiger partial charge in [0.1, 0.15) is 0 Å². The number of amides is 1. The molecule has 0 atom stereocenters. The van der Waals surface area contributed by atoms with Gasteiger partial charge in [0, 0.05) is 24.2 Å². The first-order valence-corrected chi connectivity index (χ1v) is 10.6. The van der Waals surface area contributed by atoms with Crippen molar-refractivity contribution in [2.24, 2.45) is 7.05 Å². The van der Waals surface area contributed by atoms with Gasteiger partial charge in [0.25, 0.3) is 0 Å². The van der Waals surface area contributed by atoms with Crippen LogP contribution in [0, 0.1) is 0 Å². The maximum Gasteiger partial charge on any atom is 0.345 e. The van der Waals surface area contributed by atoms with E-state index in [2.05, 4.69) is 10.4 Å². The molecule has 6 nitrogen and oxygen atoms in total. The predicted octanol–water partition coefficient (Wildman–Crippen LogP) is 3.53. The molecule has 1 saturated carbocycles. The second-order valence-corrected chi connectivity index (χ2v) is 8.24. The van der Waals surface area contributed by atoms with Gasteiger partial charge in [-0.3, -0.25) is 9.36 Å². The SMILES string of the molecule is Cn1c(-c2ccccc2)nn(CCNC(=O)C2(c3ccc(Cl)cc3)CCCC2)c1=O. The summed E-state index contributed by atoms with van der Waals surface area (Å²) < 4.78 is 2.94. The summed E-state index contributed by atoms with van der Waals surface area (Å²) in [7, 11) is 1.71. The molecule has 2 aromatic carbocycles. The molecule has 7 heteroatoms. The topological polar surface area (TPSA) is 68.9 Å². The Balaban J connectivity index is 1.47. The highest BCUT2D eigenvalue weighted by atomic mass is 35.5. The van der Waals surface area contributed by atoms with E-state index >= 15 is 0 Å². The van der Waals surface area contributed by atoms with Gasteiger partial charge in [-0.25, -0.2) is 9.48 Å². The third-order valence-corrected chi connectivity index (χ3v) is 6.22. The number of aromatic nitrogens is 3. The van der Waals surface area contributed by atoms with Crippen LogP contribution >= 0.6 is 11.6 Å². The minimum Gasteiger partial charge on any atom is -0.353 e. The van der Waals surface area contributed by atoms with Gasteiger partial charge in [0.15, 0.2) is 5.82 Å². The first-order valence-electron chi connectivity index (χ1n) is 10.2. The van der Waals surface area contributed by atoms with Crippen molar-refractivity contribution in [1.82, 2.24) is 19.7 Å². The van der Waals surface area contributed by atoms with E-state index in [-0.39, 0.29) is 11.6 Å². The summed E-state index contributed by atoms with van der Waals surface area (Å²) in [5.74, 6) is 0.620. The minimum atomic E-state index is -0.519. The van der Waals surface area contributed by atoms with Gasteiger partial charge in [-0.15, -0.1) is 5.10 Å². The normalized spacial score (nSPS) is 15.3. The van der Waals surface area contributed by atoms with Gasteiger partial charge in [-0.2, -0.15) is 0 Å². The van der Waals surface area contributed by atoms with Crippen molar-refractivity contribution >= 4 is 17.5 Å². The van der Waals surface area contributed by atoms with Crippen molar-refractivity contribution in [1.29, 1.82) is 0 Å². The number of nitrogens with one attached hydrogen (secondary N) is 1. The van der Waals surface area contributed by atoms with Crippen molar-refractivity contribution in [2.75, 3.05) is 6.54 Å². The molecular formula is C23H25ClN4O2. The Hall–Kier alpha value is -2.86.